The van der Waals surface area contributed by atoms with Crippen molar-refractivity contribution < 1.29 is 14.3 Å². The van der Waals surface area contributed by atoms with E-state index in [0.717, 1.165) is 17.7 Å². The number of methoxy groups -OCH3 is 1. The first-order chi connectivity index (χ1) is 12.1. The van der Waals surface area contributed by atoms with Crippen molar-refractivity contribution in [1.29, 1.82) is 0 Å². The zero-order valence-electron chi connectivity index (χ0n) is 13.9. The van der Waals surface area contributed by atoms with Gasteiger partial charge in [0.05, 0.1) is 22.8 Å². The van der Waals surface area contributed by atoms with Crippen LogP contribution in [-0.2, 0) is 9.53 Å². The maximum absolute atomic E-state index is 12.0. The maximum atomic E-state index is 12.0. The number of esters is 1. The fourth-order valence-corrected chi connectivity index (χ4v) is 3.59. The van der Waals surface area contributed by atoms with Gasteiger partial charge in [0.15, 0.2) is 0 Å². The molecule has 2 aromatic rings. The number of halogens is 1. The minimum atomic E-state index is -0.423. The van der Waals surface area contributed by atoms with Gasteiger partial charge in [0.1, 0.15) is 5.78 Å². The van der Waals surface area contributed by atoms with Crippen LogP contribution < -0.4 is 0 Å². The summed E-state index contributed by atoms with van der Waals surface area (Å²) in [4.78, 5) is 28.6. The highest BCUT2D eigenvalue weighted by Gasteiger charge is 2.27. The Morgan fingerprint density at radius 2 is 1.92 bits per heavy atom. The van der Waals surface area contributed by atoms with Crippen molar-refractivity contribution >= 4 is 39.1 Å². The summed E-state index contributed by atoms with van der Waals surface area (Å²) in [6, 6.07) is 15.4. The van der Waals surface area contributed by atoms with Gasteiger partial charge in [-0.15, -0.1) is 0 Å². The lowest BCUT2D eigenvalue weighted by Crippen LogP contribution is -2.23. The molecule has 0 bridgehead atoms. The lowest BCUT2D eigenvalue weighted by atomic mass is 9.81. The van der Waals surface area contributed by atoms with Crippen molar-refractivity contribution in [3.8, 4) is 0 Å². The molecule has 3 rings (SSSR count). The first-order valence-electron chi connectivity index (χ1n) is 8.11. The SMILES string of the molecule is COC(=O)c1cccc(N=C2CC(=O)CCC2c2ccccc2)c1Br. The second kappa shape index (κ2) is 7.74. The number of hydrogen-bond acceptors (Lipinski definition) is 4. The van der Waals surface area contributed by atoms with Gasteiger partial charge >= 0.3 is 5.97 Å². The van der Waals surface area contributed by atoms with Crippen LogP contribution in [0.3, 0.4) is 0 Å². The van der Waals surface area contributed by atoms with Crippen LogP contribution in [-0.4, -0.2) is 24.6 Å². The molecule has 0 spiro atoms. The van der Waals surface area contributed by atoms with E-state index in [-0.39, 0.29) is 11.7 Å². The summed E-state index contributed by atoms with van der Waals surface area (Å²) < 4.78 is 5.38. The van der Waals surface area contributed by atoms with Crippen LogP contribution in [0, 0.1) is 0 Å². The summed E-state index contributed by atoms with van der Waals surface area (Å²) >= 11 is 3.45. The van der Waals surface area contributed by atoms with E-state index in [2.05, 4.69) is 28.1 Å². The average molecular weight is 400 g/mol. The van der Waals surface area contributed by atoms with Gasteiger partial charge in [-0.2, -0.15) is 0 Å². The molecule has 1 atom stereocenters. The van der Waals surface area contributed by atoms with E-state index in [1.54, 1.807) is 12.1 Å². The van der Waals surface area contributed by atoms with Crippen molar-refractivity contribution in [2.75, 3.05) is 7.11 Å². The Kier molecular flexibility index (Phi) is 5.43. The molecule has 1 aliphatic rings. The lowest BCUT2D eigenvalue weighted by Gasteiger charge is -2.24. The quantitative estimate of drug-likeness (QED) is 0.693. The molecule has 0 N–H and O–H groups in total. The number of hydrogen-bond donors (Lipinski definition) is 0. The molecule has 1 unspecified atom stereocenters. The number of ketones is 1. The number of aliphatic imine (C=N–C) groups is 1. The van der Waals surface area contributed by atoms with Crippen LogP contribution >= 0.6 is 15.9 Å². The molecule has 2 aromatic carbocycles. The lowest BCUT2D eigenvalue weighted by molar-refractivity contribution is -0.118. The molecule has 0 aliphatic heterocycles. The number of ether oxygens (including phenoxy) is 1. The maximum Gasteiger partial charge on any atom is 0.339 e. The summed E-state index contributed by atoms with van der Waals surface area (Å²) in [6.07, 6.45) is 1.67. The molecule has 1 saturated carbocycles. The topological polar surface area (TPSA) is 55.7 Å². The molecule has 0 radical (unpaired) electrons. The van der Waals surface area contributed by atoms with Gasteiger partial charge in [-0.1, -0.05) is 36.4 Å². The Morgan fingerprint density at radius 1 is 1.16 bits per heavy atom. The Hall–Kier alpha value is -2.27. The highest BCUT2D eigenvalue weighted by molar-refractivity contribution is 9.10. The highest BCUT2D eigenvalue weighted by atomic mass is 79.9. The molecular formula is C20H18BrNO3. The van der Waals surface area contributed by atoms with Crippen molar-refractivity contribution in [2.45, 2.75) is 25.2 Å². The van der Waals surface area contributed by atoms with Crippen LogP contribution in [0.5, 0.6) is 0 Å². The minimum Gasteiger partial charge on any atom is -0.465 e. The van der Waals surface area contributed by atoms with Crippen LogP contribution in [0.25, 0.3) is 0 Å². The predicted octanol–water partition coefficient (Wildman–Crippen LogP) is 4.85. The molecule has 1 aliphatic carbocycles. The van der Waals surface area contributed by atoms with E-state index < -0.39 is 5.97 Å². The fraction of sp³-hybridized carbons (Fsp3) is 0.250. The number of carbonyl (C=O) groups excluding carboxylic acids is 2. The van der Waals surface area contributed by atoms with E-state index in [1.807, 2.05) is 24.3 Å². The van der Waals surface area contributed by atoms with E-state index in [0.29, 0.717) is 28.6 Å². The Balaban J connectivity index is 2.02. The monoisotopic (exact) mass is 399 g/mol. The number of benzene rings is 2. The van der Waals surface area contributed by atoms with E-state index in [1.165, 1.54) is 7.11 Å². The molecule has 1 fully saturated rings. The van der Waals surface area contributed by atoms with Crippen LogP contribution in [0.4, 0.5) is 5.69 Å². The van der Waals surface area contributed by atoms with Gasteiger partial charge in [-0.25, -0.2) is 4.79 Å². The van der Waals surface area contributed by atoms with Gasteiger partial charge in [0.25, 0.3) is 0 Å². The third kappa shape index (κ3) is 3.87. The molecule has 25 heavy (non-hydrogen) atoms. The third-order valence-electron chi connectivity index (χ3n) is 4.34. The van der Waals surface area contributed by atoms with Crippen LogP contribution in [0.15, 0.2) is 58.0 Å². The van der Waals surface area contributed by atoms with Gasteiger partial charge in [-0.05, 0) is 40.0 Å². The van der Waals surface area contributed by atoms with Gasteiger partial charge < -0.3 is 4.74 Å². The second-order valence-electron chi connectivity index (χ2n) is 5.95. The first kappa shape index (κ1) is 17.5. The Bertz CT molecular complexity index is 830. The van der Waals surface area contributed by atoms with Crippen molar-refractivity contribution in [3.63, 3.8) is 0 Å². The van der Waals surface area contributed by atoms with Gasteiger partial charge in [0, 0.05) is 24.5 Å². The molecular weight excluding hydrogens is 382 g/mol. The molecule has 5 heteroatoms. The minimum absolute atomic E-state index is 0.118. The number of rotatable bonds is 3. The molecule has 0 heterocycles. The Labute approximate surface area is 155 Å². The third-order valence-corrected chi connectivity index (χ3v) is 5.18. The Morgan fingerprint density at radius 3 is 2.64 bits per heavy atom. The molecule has 0 saturated heterocycles. The molecule has 0 amide bonds. The normalized spacial score (nSPS) is 19.0. The standard InChI is InChI=1S/C20H18BrNO3/c1-25-20(24)16-8-5-9-17(19(16)21)22-18-12-14(23)10-11-15(18)13-6-3-2-4-7-13/h2-9,15H,10-12H2,1H3. The first-order valence-corrected chi connectivity index (χ1v) is 8.90. The van der Waals surface area contributed by atoms with Crippen LogP contribution in [0.1, 0.15) is 41.1 Å². The fourth-order valence-electron chi connectivity index (χ4n) is 3.08. The number of nitrogens with zero attached hydrogens (tertiary/aromatic N) is 1. The van der Waals surface area contributed by atoms with Gasteiger partial charge in [-0.3, -0.25) is 9.79 Å². The number of carbonyl (C=O) groups is 2. The summed E-state index contributed by atoms with van der Waals surface area (Å²) in [7, 11) is 1.35. The highest BCUT2D eigenvalue weighted by Crippen LogP contribution is 2.35. The molecule has 4 nitrogen and oxygen atoms in total. The summed E-state index contributed by atoms with van der Waals surface area (Å²) in [5.41, 5.74) is 3.05. The van der Waals surface area contributed by atoms with E-state index in [9.17, 15) is 9.59 Å². The average Bonchev–Trinajstić information content (AvgIpc) is 2.64. The zero-order chi connectivity index (χ0) is 17.8. The number of Topliss-reactive ketones (excluding diaryl/α,β-unsaturated/α-hetero) is 1. The predicted molar refractivity (Wildman–Crippen MR) is 101 cm³/mol. The summed E-state index contributed by atoms with van der Waals surface area (Å²) in [5.74, 6) is -0.105. The summed E-state index contributed by atoms with van der Waals surface area (Å²) in [5, 5.41) is 0. The zero-order valence-corrected chi connectivity index (χ0v) is 15.5. The second-order valence-corrected chi connectivity index (χ2v) is 6.74. The van der Waals surface area contributed by atoms with Crippen molar-refractivity contribution in [1.82, 2.24) is 0 Å². The van der Waals surface area contributed by atoms with Crippen LogP contribution in [0.2, 0.25) is 0 Å². The van der Waals surface area contributed by atoms with E-state index in [4.69, 9.17) is 9.73 Å². The smallest absolute Gasteiger partial charge is 0.339 e. The van der Waals surface area contributed by atoms with Crippen molar-refractivity contribution in [2.24, 2.45) is 4.99 Å². The summed E-state index contributed by atoms with van der Waals surface area (Å²) in [6.45, 7) is 0. The van der Waals surface area contributed by atoms with Gasteiger partial charge in [0.2, 0.25) is 0 Å². The molecule has 128 valence electrons. The van der Waals surface area contributed by atoms with Crippen molar-refractivity contribution in [3.05, 3.63) is 64.1 Å². The largest absolute Gasteiger partial charge is 0.465 e. The van der Waals surface area contributed by atoms with E-state index >= 15 is 0 Å². The molecule has 0 aromatic heterocycles.